The van der Waals surface area contributed by atoms with E-state index in [-0.39, 0.29) is 11.6 Å². The van der Waals surface area contributed by atoms with Crippen molar-refractivity contribution in [3.63, 3.8) is 0 Å². The molecule has 1 fully saturated rings. The van der Waals surface area contributed by atoms with Crippen molar-refractivity contribution in [1.29, 1.82) is 0 Å². The second-order valence-electron chi connectivity index (χ2n) is 6.02. The lowest BCUT2D eigenvalue weighted by atomic mass is 9.87. The number of amides is 1. The van der Waals surface area contributed by atoms with Crippen LogP contribution in [0.3, 0.4) is 0 Å². The second kappa shape index (κ2) is 7.27. The third kappa shape index (κ3) is 3.54. The highest BCUT2D eigenvalue weighted by atomic mass is 32.1. The molecule has 1 aliphatic heterocycles. The molecule has 0 spiro atoms. The van der Waals surface area contributed by atoms with Gasteiger partial charge in [0.15, 0.2) is 11.6 Å². The number of rotatable bonds is 4. The van der Waals surface area contributed by atoms with E-state index in [9.17, 15) is 13.6 Å². The van der Waals surface area contributed by atoms with Crippen LogP contribution >= 0.6 is 12.2 Å². The van der Waals surface area contributed by atoms with Crippen LogP contribution in [-0.4, -0.2) is 17.4 Å². The summed E-state index contributed by atoms with van der Waals surface area (Å²) in [6.45, 7) is 2.61. The number of benzene rings is 2. The molecular formula is C19H18F2N2OS. The lowest BCUT2D eigenvalue weighted by molar-refractivity contribution is -0.118. The Morgan fingerprint density at radius 1 is 1.24 bits per heavy atom. The van der Waals surface area contributed by atoms with Crippen molar-refractivity contribution in [2.75, 3.05) is 11.9 Å². The van der Waals surface area contributed by atoms with Gasteiger partial charge in [-0.1, -0.05) is 49.5 Å². The summed E-state index contributed by atoms with van der Waals surface area (Å²) in [4.78, 5) is 13.1. The molecule has 1 aliphatic rings. The molecule has 0 radical (unpaired) electrons. The number of hydrogen-bond acceptors (Lipinski definition) is 2. The summed E-state index contributed by atoms with van der Waals surface area (Å²) in [5, 5.41) is 5.51. The van der Waals surface area contributed by atoms with E-state index in [1.54, 1.807) is 0 Å². The minimum Gasteiger partial charge on any atom is -0.378 e. The summed E-state index contributed by atoms with van der Waals surface area (Å²) in [6, 6.07) is 11.7. The maximum atomic E-state index is 13.8. The lowest BCUT2D eigenvalue weighted by Gasteiger charge is -2.18. The van der Waals surface area contributed by atoms with Gasteiger partial charge in [0.2, 0.25) is 5.91 Å². The largest absolute Gasteiger partial charge is 0.378 e. The predicted octanol–water partition coefficient (Wildman–Crippen LogP) is 3.80. The molecule has 0 bridgehead atoms. The number of aryl methyl sites for hydroxylation is 1. The highest BCUT2D eigenvalue weighted by Gasteiger charge is 2.38. The smallest absolute Gasteiger partial charge is 0.235 e. The zero-order valence-corrected chi connectivity index (χ0v) is 14.5. The highest BCUT2D eigenvalue weighted by molar-refractivity contribution is 7.80. The first kappa shape index (κ1) is 17.5. The molecule has 1 saturated heterocycles. The van der Waals surface area contributed by atoms with Gasteiger partial charge in [0.1, 0.15) is 0 Å². The topological polar surface area (TPSA) is 41.1 Å². The van der Waals surface area contributed by atoms with E-state index in [4.69, 9.17) is 12.2 Å². The van der Waals surface area contributed by atoms with Gasteiger partial charge in [-0.2, -0.15) is 0 Å². The van der Waals surface area contributed by atoms with Gasteiger partial charge in [0.25, 0.3) is 0 Å². The molecule has 2 N–H and O–H groups in total. The van der Waals surface area contributed by atoms with Gasteiger partial charge >= 0.3 is 0 Å². The van der Waals surface area contributed by atoms with E-state index in [0.717, 1.165) is 18.1 Å². The molecule has 25 heavy (non-hydrogen) atoms. The van der Waals surface area contributed by atoms with Crippen molar-refractivity contribution in [2.45, 2.75) is 19.3 Å². The summed E-state index contributed by atoms with van der Waals surface area (Å²) >= 11 is 5.28. The molecular weight excluding hydrogens is 342 g/mol. The molecule has 2 atom stereocenters. The second-order valence-corrected chi connectivity index (χ2v) is 6.45. The fourth-order valence-electron chi connectivity index (χ4n) is 3.04. The van der Waals surface area contributed by atoms with Crippen molar-refractivity contribution >= 4 is 28.8 Å². The van der Waals surface area contributed by atoms with E-state index in [1.807, 2.05) is 24.3 Å². The van der Waals surface area contributed by atoms with Crippen LogP contribution in [0.1, 0.15) is 24.0 Å². The van der Waals surface area contributed by atoms with Crippen LogP contribution in [-0.2, 0) is 11.2 Å². The van der Waals surface area contributed by atoms with E-state index in [2.05, 4.69) is 17.6 Å². The molecule has 1 heterocycles. The molecule has 0 aliphatic carbocycles. The van der Waals surface area contributed by atoms with Crippen LogP contribution < -0.4 is 10.6 Å². The van der Waals surface area contributed by atoms with Gasteiger partial charge in [-0.15, -0.1) is 0 Å². The normalized spacial score (nSPS) is 19.6. The third-order valence-electron chi connectivity index (χ3n) is 4.49. The Morgan fingerprint density at radius 3 is 2.64 bits per heavy atom. The zero-order valence-electron chi connectivity index (χ0n) is 13.7. The van der Waals surface area contributed by atoms with Crippen LogP contribution in [0, 0.1) is 17.6 Å². The number of nitrogens with one attached hydrogen (secondary N) is 2. The van der Waals surface area contributed by atoms with Crippen LogP contribution in [0.4, 0.5) is 14.5 Å². The number of anilines is 1. The summed E-state index contributed by atoms with van der Waals surface area (Å²) in [5.41, 5.74) is 2.02. The van der Waals surface area contributed by atoms with Crippen LogP contribution in [0.25, 0.3) is 0 Å². The maximum absolute atomic E-state index is 13.8. The Kier molecular flexibility index (Phi) is 5.08. The van der Waals surface area contributed by atoms with Gasteiger partial charge in [0.05, 0.1) is 16.6 Å². The van der Waals surface area contributed by atoms with Crippen molar-refractivity contribution in [2.24, 2.45) is 5.92 Å². The molecule has 0 saturated carbocycles. The lowest BCUT2D eigenvalue weighted by Crippen LogP contribution is -2.31. The van der Waals surface area contributed by atoms with E-state index >= 15 is 0 Å². The molecule has 6 heteroatoms. The number of halogens is 2. The number of thiocarbonyl (C=S) groups is 1. The number of carbonyl (C=O) groups excluding carboxylic acids is 1. The van der Waals surface area contributed by atoms with Gasteiger partial charge in [-0.3, -0.25) is 4.79 Å². The van der Waals surface area contributed by atoms with Gasteiger partial charge in [-0.25, -0.2) is 8.78 Å². The Balaban J connectivity index is 1.83. The third-order valence-corrected chi connectivity index (χ3v) is 4.89. The first-order valence-electron chi connectivity index (χ1n) is 8.12. The highest BCUT2D eigenvalue weighted by Crippen LogP contribution is 2.31. The maximum Gasteiger partial charge on any atom is 0.235 e. The molecule has 2 aromatic rings. The number of hydrogen-bond donors (Lipinski definition) is 2. The average molecular weight is 360 g/mol. The van der Waals surface area contributed by atoms with Crippen LogP contribution in [0.2, 0.25) is 0 Å². The minimum atomic E-state index is -1.07. The fraction of sp³-hybridized carbons (Fsp3) is 0.263. The summed E-state index contributed by atoms with van der Waals surface area (Å²) in [6.07, 6.45) is 0.935. The zero-order chi connectivity index (χ0) is 18.0. The molecule has 3 rings (SSSR count). The van der Waals surface area contributed by atoms with E-state index < -0.39 is 23.5 Å². The Hall–Kier alpha value is -2.34. The molecule has 3 nitrogen and oxygen atoms in total. The van der Waals surface area contributed by atoms with E-state index in [0.29, 0.717) is 11.5 Å². The SMILES string of the molecule is CCc1ccc([C@H]2CNC(=S)[C@@H]2C(=O)Nc2cccc(F)c2F)cc1. The molecule has 0 unspecified atom stereocenters. The molecule has 0 aromatic heterocycles. The van der Waals surface area contributed by atoms with Crippen molar-refractivity contribution in [1.82, 2.24) is 5.32 Å². The Labute approximate surface area is 150 Å². The summed E-state index contributed by atoms with van der Waals surface area (Å²) < 4.78 is 27.1. The quantitative estimate of drug-likeness (QED) is 0.815. The number of carbonyl (C=O) groups is 1. The van der Waals surface area contributed by atoms with Gasteiger partial charge in [0, 0.05) is 12.5 Å². The minimum absolute atomic E-state index is 0.143. The molecule has 2 aromatic carbocycles. The Morgan fingerprint density at radius 2 is 1.96 bits per heavy atom. The van der Waals surface area contributed by atoms with Gasteiger partial charge < -0.3 is 10.6 Å². The summed E-state index contributed by atoms with van der Waals surface area (Å²) in [7, 11) is 0. The van der Waals surface area contributed by atoms with Crippen molar-refractivity contribution in [3.05, 3.63) is 65.2 Å². The molecule has 1 amide bonds. The van der Waals surface area contributed by atoms with Gasteiger partial charge in [-0.05, 0) is 29.7 Å². The first-order valence-corrected chi connectivity index (χ1v) is 8.53. The summed E-state index contributed by atoms with van der Waals surface area (Å²) in [5.74, 6) is -3.28. The van der Waals surface area contributed by atoms with Crippen molar-refractivity contribution in [3.8, 4) is 0 Å². The standard InChI is InChI=1S/C19H18F2N2OS/c1-2-11-6-8-12(9-7-11)13-10-22-19(25)16(13)18(24)23-15-5-3-4-14(20)17(15)21/h3-9,13,16H,2,10H2,1H3,(H,22,25)(H,23,24)/t13-,16+/m1/s1. The van der Waals surface area contributed by atoms with E-state index in [1.165, 1.54) is 17.7 Å². The monoisotopic (exact) mass is 360 g/mol. The van der Waals surface area contributed by atoms with Crippen LogP contribution in [0.15, 0.2) is 42.5 Å². The van der Waals surface area contributed by atoms with Crippen LogP contribution in [0.5, 0.6) is 0 Å². The average Bonchev–Trinajstić information content (AvgIpc) is 3.00. The van der Waals surface area contributed by atoms with Crippen molar-refractivity contribution < 1.29 is 13.6 Å². The first-order chi connectivity index (χ1) is 12.0. The molecule has 130 valence electrons. The fourth-order valence-corrected chi connectivity index (χ4v) is 3.40. The Bertz CT molecular complexity index is 808. The predicted molar refractivity (Wildman–Crippen MR) is 97.6 cm³/mol.